The second-order valence-corrected chi connectivity index (χ2v) is 10.1. The third-order valence-corrected chi connectivity index (χ3v) is 7.02. The maximum atomic E-state index is 13.1. The molecule has 2 atom stereocenters. The number of carbonyl (C=O) groups is 1. The van der Waals surface area contributed by atoms with Gasteiger partial charge in [-0.1, -0.05) is 36.4 Å². The van der Waals surface area contributed by atoms with Crippen LogP contribution in [0, 0.1) is 0 Å². The van der Waals surface area contributed by atoms with Crippen molar-refractivity contribution < 1.29 is 19.0 Å². The lowest BCUT2D eigenvalue weighted by atomic mass is 10.1. The Kier molecular flexibility index (Phi) is 8.36. The zero-order valence-electron chi connectivity index (χ0n) is 21.8. The number of nitrogens with zero attached hydrogens (tertiary/aromatic N) is 2. The summed E-state index contributed by atoms with van der Waals surface area (Å²) in [5, 5.41) is 5.06. The molecule has 2 fully saturated rings. The molecular weight excluding hydrogens is 466 g/mol. The highest BCUT2D eigenvalue weighted by Crippen LogP contribution is 2.32. The number of hydrogen-bond donors (Lipinski definition) is 1. The molecule has 3 aromatic rings. The molecule has 196 valence electrons. The predicted octanol–water partition coefficient (Wildman–Crippen LogP) is 4.41. The maximum absolute atomic E-state index is 13.1. The van der Waals surface area contributed by atoms with Crippen LogP contribution in [0.25, 0.3) is 10.8 Å². The lowest BCUT2D eigenvalue weighted by Gasteiger charge is -2.35. The summed E-state index contributed by atoms with van der Waals surface area (Å²) in [7, 11) is 0. The first-order valence-electron chi connectivity index (χ1n) is 13.3. The van der Waals surface area contributed by atoms with Crippen LogP contribution in [0.3, 0.4) is 0 Å². The van der Waals surface area contributed by atoms with Crippen LogP contribution in [0.2, 0.25) is 0 Å². The van der Waals surface area contributed by atoms with Crippen molar-refractivity contribution in [2.24, 2.45) is 0 Å². The zero-order valence-corrected chi connectivity index (χ0v) is 21.8. The van der Waals surface area contributed by atoms with Gasteiger partial charge in [-0.2, -0.15) is 0 Å². The number of morpholine rings is 2. The molecule has 7 nitrogen and oxygen atoms in total. The number of hydrogen-bond acceptors (Lipinski definition) is 6. The topological polar surface area (TPSA) is 63.3 Å². The molecule has 2 aliphatic rings. The van der Waals surface area contributed by atoms with E-state index in [4.69, 9.17) is 14.2 Å². The summed E-state index contributed by atoms with van der Waals surface area (Å²) in [6.07, 6.45) is 0.488. The number of benzene rings is 3. The fourth-order valence-corrected chi connectivity index (χ4v) is 5.23. The monoisotopic (exact) mass is 503 g/mol. The molecule has 1 N–H and O–H groups in total. The molecule has 0 aromatic heterocycles. The molecule has 1 amide bonds. The minimum atomic E-state index is -0.118. The van der Waals surface area contributed by atoms with E-state index < -0.39 is 0 Å². The lowest BCUT2D eigenvalue weighted by molar-refractivity contribution is -0.0699. The molecule has 7 heteroatoms. The molecule has 37 heavy (non-hydrogen) atoms. The second kappa shape index (κ2) is 12.0. The van der Waals surface area contributed by atoms with E-state index in [2.05, 4.69) is 29.0 Å². The molecule has 0 aliphatic carbocycles. The summed E-state index contributed by atoms with van der Waals surface area (Å²) < 4.78 is 17.5. The summed E-state index contributed by atoms with van der Waals surface area (Å²) in [4.78, 5) is 17.8. The number of carbonyl (C=O) groups excluding carboxylic acids is 1. The SMILES string of the molecule is C[C@@H]1CN(CCOc2ccc(NC(=O)c3ccc(CN4CCOCC4)cc3)c3ccccc23)C[C@H](C)O1. The molecule has 0 bridgehead atoms. The Morgan fingerprint density at radius 3 is 2.35 bits per heavy atom. The number of fused-ring (bicyclic) bond motifs is 1. The van der Waals surface area contributed by atoms with E-state index in [9.17, 15) is 4.79 Å². The van der Waals surface area contributed by atoms with E-state index in [1.807, 2.05) is 60.7 Å². The van der Waals surface area contributed by atoms with E-state index in [0.717, 1.165) is 74.7 Å². The standard InChI is InChI=1S/C30H37N3O4/c1-22-19-33(20-23(2)37-22)15-18-36-29-12-11-28(26-5-3-4-6-27(26)29)31-30(34)25-9-7-24(8-10-25)21-32-13-16-35-17-14-32/h3-12,22-23H,13-21H2,1-2H3,(H,31,34)/t22-,23+. The third kappa shape index (κ3) is 6.67. The third-order valence-electron chi connectivity index (χ3n) is 7.02. The Labute approximate surface area is 219 Å². The van der Waals surface area contributed by atoms with Crippen molar-refractivity contribution >= 4 is 22.4 Å². The molecule has 0 spiro atoms. The van der Waals surface area contributed by atoms with Crippen molar-refractivity contribution in [1.82, 2.24) is 9.80 Å². The summed E-state index contributed by atoms with van der Waals surface area (Å²) in [6, 6.07) is 19.8. The smallest absolute Gasteiger partial charge is 0.255 e. The molecule has 2 saturated heterocycles. The Hall–Kier alpha value is -2.97. The van der Waals surface area contributed by atoms with Crippen LogP contribution in [-0.4, -0.2) is 80.5 Å². The zero-order chi connectivity index (χ0) is 25.6. The summed E-state index contributed by atoms with van der Waals surface area (Å²) >= 11 is 0. The first kappa shape index (κ1) is 25.7. The number of ether oxygens (including phenoxy) is 3. The molecule has 2 heterocycles. The minimum Gasteiger partial charge on any atom is -0.492 e. The van der Waals surface area contributed by atoms with Crippen LogP contribution in [0.5, 0.6) is 5.75 Å². The second-order valence-electron chi connectivity index (χ2n) is 10.1. The van der Waals surface area contributed by atoms with Crippen LogP contribution in [0.4, 0.5) is 5.69 Å². The fraction of sp³-hybridized carbons (Fsp3) is 0.433. The Bertz CT molecular complexity index is 1180. The van der Waals surface area contributed by atoms with Gasteiger partial charge in [0.15, 0.2) is 0 Å². The van der Waals surface area contributed by atoms with Gasteiger partial charge in [-0.05, 0) is 43.7 Å². The van der Waals surface area contributed by atoms with Crippen LogP contribution < -0.4 is 10.1 Å². The molecule has 5 rings (SSSR count). The van der Waals surface area contributed by atoms with Crippen molar-refractivity contribution in [3.05, 3.63) is 71.8 Å². The van der Waals surface area contributed by atoms with Gasteiger partial charge in [0.05, 0.1) is 25.4 Å². The first-order chi connectivity index (χ1) is 18.0. The van der Waals surface area contributed by atoms with E-state index in [-0.39, 0.29) is 18.1 Å². The summed E-state index contributed by atoms with van der Waals surface area (Å²) in [5.74, 6) is 0.711. The van der Waals surface area contributed by atoms with Gasteiger partial charge in [0.2, 0.25) is 0 Å². The molecule has 0 saturated carbocycles. The quantitative estimate of drug-likeness (QED) is 0.491. The van der Waals surface area contributed by atoms with Crippen LogP contribution in [0.1, 0.15) is 29.8 Å². The first-order valence-corrected chi connectivity index (χ1v) is 13.3. The molecule has 0 radical (unpaired) electrons. The Morgan fingerprint density at radius 2 is 1.62 bits per heavy atom. The van der Waals surface area contributed by atoms with Gasteiger partial charge >= 0.3 is 0 Å². The fourth-order valence-electron chi connectivity index (χ4n) is 5.23. The number of amides is 1. The van der Waals surface area contributed by atoms with E-state index in [1.165, 1.54) is 5.56 Å². The van der Waals surface area contributed by atoms with Crippen LogP contribution in [0.15, 0.2) is 60.7 Å². The van der Waals surface area contributed by atoms with Crippen molar-refractivity contribution in [3.8, 4) is 5.75 Å². The van der Waals surface area contributed by atoms with Gasteiger partial charge in [-0.15, -0.1) is 0 Å². The van der Waals surface area contributed by atoms with Crippen molar-refractivity contribution in [1.29, 1.82) is 0 Å². The van der Waals surface area contributed by atoms with Gasteiger partial charge in [0.25, 0.3) is 5.91 Å². The van der Waals surface area contributed by atoms with Crippen molar-refractivity contribution in [2.45, 2.75) is 32.6 Å². The van der Waals surface area contributed by atoms with E-state index >= 15 is 0 Å². The average Bonchev–Trinajstić information content (AvgIpc) is 2.90. The molecule has 2 aliphatic heterocycles. The summed E-state index contributed by atoms with van der Waals surface area (Å²) in [6.45, 7) is 11.9. The molecule has 0 unspecified atom stereocenters. The number of rotatable bonds is 8. The highest BCUT2D eigenvalue weighted by Gasteiger charge is 2.22. The van der Waals surface area contributed by atoms with Gasteiger partial charge in [-0.3, -0.25) is 14.6 Å². The number of anilines is 1. The van der Waals surface area contributed by atoms with Gasteiger partial charge in [0, 0.05) is 61.3 Å². The maximum Gasteiger partial charge on any atom is 0.255 e. The van der Waals surface area contributed by atoms with E-state index in [0.29, 0.717) is 12.2 Å². The predicted molar refractivity (Wildman–Crippen MR) is 146 cm³/mol. The van der Waals surface area contributed by atoms with Crippen LogP contribution in [-0.2, 0) is 16.0 Å². The highest BCUT2D eigenvalue weighted by atomic mass is 16.5. The van der Waals surface area contributed by atoms with Gasteiger partial charge in [0.1, 0.15) is 12.4 Å². The largest absolute Gasteiger partial charge is 0.492 e. The molecular formula is C30H37N3O4. The number of nitrogens with one attached hydrogen (secondary N) is 1. The van der Waals surface area contributed by atoms with Crippen LogP contribution >= 0.6 is 0 Å². The lowest BCUT2D eigenvalue weighted by Crippen LogP contribution is -2.46. The van der Waals surface area contributed by atoms with Crippen molar-refractivity contribution in [3.63, 3.8) is 0 Å². The normalized spacial score (nSPS) is 21.1. The Balaban J connectivity index is 1.22. The van der Waals surface area contributed by atoms with E-state index in [1.54, 1.807) is 0 Å². The van der Waals surface area contributed by atoms with Crippen molar-refractivity contribution in [2.75, 3.05) is 57.9 Å². The Morgan fingerprint density at radius 1 is 0.919 bits per heavy atom. The van der Waals surface area contributed by atoms with Gasteiger partial charge in [-0.25, -0.2) is 0 Å². The van der Waals surface area contributed by atoms with Gasteiger partial charge < -0.3 is 19.5 Å². The minimum absolute atomic E-state index is 0.118. The highest BCUT2D eigenvalue weighted by molar-refractivity contribution is 6.10. The summed E-state index contributed by atoms with van der Waals surface area (Å²) in [5.41, 5.74) is 2.62. The average molecular weight is 504 g/mol. The molecule has 3 aromatic carbocycles.